The molecule has 0 amide bonds. The highest BCUT2D eigenvalue weighted by Gasteiger charge is 2.32. The Balaban J connectivity index is 1.88. The minimum Gasteiger partial charge on any atom is -0.395 e. The van der Waals surface area contributed by atoms with Gasteiger partial charge in [0.15, 0.2) is 0 Å². The molecule has 2 aliphatic rings. The molecule has 122 valence electrons. The van der Waals surface area contributed by atoms with Crippen LogP contribution in [0.3, 0.4) is 0 Å². The van der Waals surface area contributed by atoms with Crippen LogP contribution in [-0.4, -0.2) is 40.5 Å². The number of aliphatic hydroxyl groups is 1. The van der Waals surface area contributed by atoms with E-state index in [1.54, 1.807) is 13.8 Å². The summed E-state index contributed by atoms with van der Waals surface area (Å²) >= 11 is 0. The zero-order valence-electron chi connectivity index (χ0n) is 13.6. The number of nitrogens with zero attached hydrogens (tertiary/aromatic N) is 2. The topological polar surface area (TPSA) is 67.2 Å². The molecule has 3 rings (SSSR count). The fourth-order valence-corrected chi connectivity index (χ4v) is 3.13. The molecular formula is C17H27N3O2. The third kappa shape index (κ3) is 3.25. The molecule has 0 atom stereocenters. The molecule has 2 N–H and O–H groups in total. The lowest BCUT2D eigenvalue weighted by atomic mass is 9.91. The van der Waals surface area contributed by atoms with Crippen molar-refractivity contribution in [2.24, 2.45) is 11.3 Å². The Labute approximate surface area is 132 Å². The summed E-state index contributed by atoms with van der Waals surface area (Å²) in [6.45, 7) is 5.42. The van der Waals surface area contributed by atoms with Gasteiger partial charge in [-0.1, -0.05) is 0 Å². The Bertz CT molecular complexity index is 540. The van der Waals surface area contributed by atoms with Crippen molar-refractivity contribution >= 4 is 5.91 Å². The van der Waals surface area contributed by atoms with Crippen LogP contribution in [0.4, 0.5) is 0 Å². The lowest BCUT2D eigenvalue weighted by molar-refractivity contribution is 0.0612. The van der Waals surface area contributed by atoms with Gasteiger partial charge in [0.05, 0.1) is 17.7 Å². The Morgan fingerprint density at radius 2 is 2.05 bits per heavy atom. The number of carbonyl (C=O) groups is 1. The molecule has 0 spiro atoms. The Morgan fingerprint density at radius 1 is 1.36 bits per heavy atom. The first-order valence-corrected chi connectivity index (χ1v) is 8.46. The maximum Gasteiger partial charge on any atom is 0.254 e. The van der Waals surface area contributed by atoms with Crippen LogP contribution in [0.5, 0.6) is 0 Å². The van der Waals surface area contributed by atoms with E-state index in [1.807, 2.05) is 6.20 Å². The third-order valence-electron chi connectivity index (χ3n) is 4.94. The van der Waals surface area contributed by atoms with E-state index in [2.05, 4.69) is 10.4 Å². The molecule has 0 radical (unpaired) electrons. The van der Waals surface area contributed by atoms with Gasteiger partial charge < -0.3 is 10.4 Å². The minimum absolute atomic E-state index is 0.118. The number of piperidine rings is 1. The van der Waals surface area contributed by atoms with Gasteiger partial charge in [-0.25, -0.2) is 4.68 Å². The van der Waals surface area contributed by atoms with Crippen molar-refractivity contribution in [3.63, 3.8) is 0 Å². The third-order valence-corrected chi connectivity index (χ3v) is 4.94. The maximum atomic E-state index is 12.6. The zero-order valence-corrected chi connectivity index (χ0v) is 13.6. The van der Waals surface area contributed by atoms with Crippen molar-refractivity contribution in [2.75, 3.05) is 19.7 Å². The van der Waals surface area contributed by atoms with Crippen LogP contribution in [0.1, 0.15) is 61.5 Å². The average molecular weight is 305 g/mol. The van der Waals surface area contributed by atoms with E-state index in [0.717, 1.165) is 44.0 Å². The molecule has 2 fully saturated rings. The molecule has 5 nitrogen and oxygen atoms in total. The van der Waals surface area contributed by atoms with Crippen LogP contribution in [0.25, 0.3) is 0 Å². The SMILES string of the molecule is CC(C)(CO)C(=O)n1cc(CC2CC2)c(C2CCNCC2)n1. The first-order valence-electron chi connectivity index (χ1n) is 8.46. The highest BCUT2D eigenvalue weighted by molar-refractivity contribution is 5.83. The molecule has 1 aliphatic heterocycles. The van der Waals surface area contributed by atoms with E-state index in [4.69, 9.17) is 0 Å². The summed E-state index contributed by atoms with van der Waals surface area (Å²) in [5.41, 5.74) is 1.58. The monoisotopic (exact) mass is 305 g/mol. The predicted molar refractivity (Wildman–Crippen MR) is 85.0 cm³/mol. The summed E-state index contributed by atoms with van der Waals surface area (Å²) in [4.78, 5) is 12.6. The first kappa shape index (κ1) is 15.7. The number of rotatable bonds is 5. The second-order valence-electron chi connectivity index (χ2n) is 7.50. The van der Waals surface area contributed by atoms with Crippen molar-refractivity contribution in [3.05, 3.63) is 17.5 Å². The molecule has 5 heteroatoms. The van der Waals surface area contributed by atoms with Gasteiger partial charge in [-0.05, 0) is 70.5 Å². The van der Waals surface area contributed by atoms with Crippen LogP contribution in [-0.2, 0) is 6.42 Å². The van der Waals surface area contributed by atoms with Gasteiger partial charge in [0.25, 0.3) is 5.91 Å². The predicted octanol–water partition coefficient (Wildman–Crippen LogP) is 1.96. The van der Waals surface area contributed by atoms with E-state index in [9.17, 15) is 9.90 Å². The lowest BCUT2D eigenvalue weighted by Gasteiger charge is -2.22. The standard InChI is InChI=1S/C17H27N3O2/c1-17(2,11-21)16(22)20-10-14(9-12-3-4-12)15(19-20)13-5-7-18-8-6-13/h10,12-13,18,21H,3-9,11H2,1-2H3. The van der Waals surface area contributed by atoms with Gasteiger partial charge in [0.1, 0.15) is 0 Å². The molecule has 1 aromatic heterocycles. The van der Waals surface area contributed by atoms with Crippen LogP contribution in [0.15, 0.2) is 6.20 Å². The first-order chi connectivity index (χ1) is 10.5. The van der Waals surface area contributed by atoms with E-state index in [1.165, 1.54) is 23.1 Å². The summed E-state index contributed by atoms with van der Waals surface area (Å²) in [7, 11) is 0. The number of aliphatic hydroxyl groups excluding tert-OH is 1. The van der Waals surface area contributed by atoms with E-state index >= 15 is 0 Å². The van der Waals surface area contributed by atoms with Gasteiger partial charge in [-0.2, -0.15) is 5.10 Å². The fourth-order valence-electron chi connectivity index (χ4n) is 3.13. The van der Waals surface area contributed by atoms with Crippen LogP contribution >= 0.6 is 0 Å². The number of aromatic nitrogens is 2. The molecule has 1 aromatic rings. The normalized spacial score (nSPS) is 20.3. The molecule has 1 saturated heterocycles. The number of carbonyl (C=O) groups excluding carboxylic acids is 1. The molecular weight excluding hydrogens is 278 g/mol. The van der Waals surface area contributed by atoms with Gasteiger partial charge in [-0.15, -0.1) is 0 Å². The van der Waals surface area contributed by atoms with Gasteiger partial charge in [-0.3, -0.25) is 4.79 Å². The number of nitrogens with one attached hydrogen (secondary N) is 1. The molecule has 0 unspecified atom stereocenters. The Morgan fingerprint density at radius 3 is 2.64 bits per heavy atom. The highest BCUT2D eigenvalue weighted by atomic mass is 16.3. The molecule has 1 saturated carbocycles. The quantitative estimate of drug-likeness (QED) is 0.872. The second-order valence-corrected chi connectivity index (χ2v) is 7.50. The Kier molecular flexibility index (Phi) is 4.37. The van der Waals surface area contributed by atoms with Crippen LogP contribution in [0.2, 0.25) is 0 Å². The smallest absolute Gasteiger partial charge is 0.254 e. The van der Waals surface area contributed by atoms with Crippen LogP contribution in [0, 0.1) is 11.3 Å². The average Bonchev–Trinajstić information content (AvgIpc) is 3.25. The largest absolute Gasteiger partial charge is 0.395 e. The van der Waals surface area contributed by atoms with Crippen molar-refractivity contribution in [2.45, 2.75) is 51.9 Å². The van der Waals surface area contributed by atoms with Crippen molar-refractivity contribution < 1.29 is 9.90 Å². The van der Waals surface area contributed by atoms with Crippen molar-refractivity contribution in [1.82, 2.24) is 15.1 Å². The summed E-state index contributed by atoms with van der Waals surface area (Å²) < 4.78 is 1.49. The summed E-state index contributed by atoms with van der Waals surface area (Å²) in [6.07, 6.45) is 7.75. The number of hydrogen-bond acceptors (Lipinski definition) is 4. The van der Waals surface area contributed by atoms with E-state index in [-0.39, 0.29) is 12.5 Å². The molecule has 0 bridgehead atoms. The summed E-state index contributed by atoms with van der Waals surface area (Å²) in [6, 6.07) is 0. The van der Waals surface area contributed by atoms with Gasteiger partial charge in [0, 0.05) is 12.1 Å². The number of hydrogen-bond donors (Lipinski definition) is 2. The Hall–Kier alpha value is -1.20. The fraction of sp³-hybridized carbons (Fsp3) is 0.765. The van der Waals surface area contributed by atoms with Crippen molar-refractivity contribution in [1.29, 1.82) is 0 Å². The summed E-state index contributed by atoms with van der Waals surface area (Å²) in [5.74, 6) is 1.12. The minimum atomic E-state index is -0.783. The lowest BCUT2D eigenvalue weighted by Crippen LogP contribution is -2.33. The zero-order chi connectivity index (χ0) is 15.7. The molecule has 2 heterocycles. The van der Waals surface area contributed by atoms with E-state index in [0.29, 0.717) is 5.92 Å². The molecule has 1 aliphatic carbocycles. The maximum absolute atomic E-state index is 12.6. The van der Waals surface area contributed by atoms with Crippen LogP contribution < -0.4 is 5.32 Å². The highest BCUT2D eigenvalue weighted by Crippen LogP contribution is 2.36. The molecule has 22 heavy (non-hydrogen) atoms. The van der Waals surface area contributed by atoms with Crippen molar-refractivity contribution in [3.8, 4) is 0 Å². The second kappa shape index (κ2) is 6.13. The van der Waals surface area contributed by atoms with Gasteiger partial charge in [0.2, 0.25) is 0 Å². The summed E-state index contributed by atoms with van der Waals surface area (Å²) in [5, 5.41) is 17.5. The van der Waals surface area contributed by atoms with Gasteiger partial charge >= 0.3 is 0 Å². The van der Waals surface area contributed by atoms with E-state index < -0.39 is 5.41 Å². The molecule has 0 aromatic carbocycles.